The van der Waals surface area contributed by atoms with Gasteiger partial charge in [-0.2, -0.15) is 8.42 Å². The molecule has 0 spiro atoms. The van der Waals surface area contributed by atoms with Gasteiger partial charge in [-0.05, 0) is 37.1 Å². The van der Waals surface area contributed by atoms with Crippen molar-refractivity contribution in [1.82, 2.24) is 0 Å². The minimum atomic E-state index is -4.02. The molecule has 0 amide bonds. The molecule has 2 rings (SSSR count). The monoisotopic (exact) mass is 378 g/mol. The van der Waals surface area contributed by atoms with Crippen molar-refractivity contribution in [2.24, 2.45) is 0 Å². The van der Waals surface area contributed by atoms with Gasteiger partial charge in [0.15, 0.2) is 0 Å². The van der Waals surface area contributed by atoms with Crippen molar-refractivity contribution in [3.05, 3.63) is 44.6 Å². The molecule has 22 heavy (non-hydrogen) atoms. The average Bonchev–Trinajstić information content (AvgIpc) is 2.77. The van der Waals surface area contributed by atoms with Crippen LogP contribution in [0.4, 0.5) is 0 Å². The zero-order valence-corrected chi connectivity index (χ0v) is 14.7. The van der Waals surface area contributed by atoms with E-state index in [1.54, 1.807) is 12.1 Å². The molecular formula is C14H12Cl2O4S2. The molecule has 4 nitrogen and oxygen atoms in total. The van der Waals surface area contributed by atoms with Crippen molar-refractivity contribution in [2.75, 3.05) is 0 Å². The number of benzene rings is 1. The Bertz CT molecular complexity index is 780. The highest BCUT2D eigenvalue weighted by atomic mass is 35.5. The number of hydrogen-bond acceptors (Lipinski definition) is 5. The summed E-state index contributed by atoms with van der Waals surface area (Å²) in [6, 6.07) is 7.76. The predicted octanol–water partition coefficient (Wildman–Crippen LogP) is 4.34. The maximum atomic E-state index is 12.1. The summed E-state index contributed by atoms with van der Waals surface area (Å²) in [7, 11) is -4.02. The van der Waals surface area contributed by atoms with E-state index < -0.39 is 10.1 Å². The Morgan fingerprint density at radius 1 is 1.23 bits per heavy atom. The van der Waals surface area contributed by atoms with E-state index in [4.69, 9.17) is 27.4 Å². The Hall–Kier alpha value is -1.08. The lowest BCUT2D eigenvalue weighted by Gasteiger charge is -2.07. The van der Waals surface area contributed by atoms with Crippen molar-refractivity contribution in [1.29, 1.82) is 0 Å². The highest BCUT2D eigenvalue weighted by Gasteiger charge is 2.23. The van der Waals surface area contributed by atoms with Gasteiger partial charge in [0.1, 0.15) is 20.8 Å². The van der Waals surface area contributed by atoms with Gasteiger partial charge in [0.2, 0.25) is 0 Å². The van der Waals surface area contributed by atoms with Crippen LogP contribution in [0.5, 0.6) is 5.75 Å². The number of rotatable bonds is 6. The Balaban J connectivity index is 2.13. The summed E-state index contributed by atoms with van der Waals surface area (Å²) in [5.74, 6) is 0.275. The molecule has 1 aromatic heterocycles. The van der Waals surface area contributed by atoms with Gasteiger partial charge in [0.05, 0.1) is 4.34 Å². The molecule has 0 saturated carbocycles. The summed E-state index contributed by atoms with van der Waals surface area (Å²) < 4.78 is 29.6. The largest absolute Gasteiger partial charge is 0.379 e. The van der Waals surface area contributed by atoms with Crippen LogP contribution in [0, 0.1) is 0 Å². The lowest BCUT2D eigenvalue weighted by molar-refractivity contribution is -0.116. The van der Waals surface area contributed by atoms with Crippen LogP contribution >= 0.6 is 34.5 Å². The number of thiophene rings is 1. The Morgan fingerprint density at radius 2 is 1.86 bits per heavy atom. The molecule has 0 aliphatic heterocycles. The van der Waals surface area contributed by atoms with E-state index in [1.165, 1.54) is 25.1 Å². The van der Waals surface area contributed by atoms with Crippen molar-refractivity contribution in [2.45, 2.75) is 24.7 Å². The van der Waals surface area contributed by atoms with E-state index in [0.29, 0.717) is 12.8 Å². The highest BCUT2D eigenvalue weighted by molar-refractivity contribution is 7.87. The van der Waals surface area contributed by atoms with Gasteiger partial charge in [0, 0.05) is 6.42 Å². The summed E-state index contributed by atoms with van der Waals surface area (Å²) >= 11 is 12.5. The predicted molar refractivity (Wildman–Crippen MR) is 87.6 cm³/mol. The molecule has 0 fully saturated rings. The third kappa shape index (κ3) is 4.46. The number of aryl methyl sites for hydroxylation is 1. The van der Waals surface area contributed by atoms with Crippen LogP contribution in [0.3, 0.4) is 0 Å². The van der Waals surface area contributed by atoms with E-state index >= 15 is 0 Å². The maximum absolute atomic E-state index is 12.1. The van der Waals surface area contributed by atoms with Crippen LogP contribution in [0.25, 0.3) is 0 Å². The first-order valence-corrected chi connectivity index (χ1v) is 9.24. The number of carbonyl (C=O) groups is 1. The molecule has 0 unspecified atom stereocenters. The average molecular weight is 379 g/mol. The van der Waals surface area contributed by atoms with Crippen molar-refractivity contribution in [3.8, 4) is 5.75 Å². The standard InChI is InChI=1S/C14H12Cl2O4S2/c1-9(17)2-3-10-4-6-11(7-5-10)20-22(18,19)12-8-13(15)21-14(12)16/h4-8H,2-3H2,1H3. The number of hydrogen-bond donors (Lipinski definition) is 0. The van der Waals surface area contributed by atoms with Crippen LogP contribution in [-0.2, 0) is 21.3 Å². The quantitative estimate of drug-likeness (QED) is 0.701. The van der Waals surface area contributed by atoms with Crippen LogP contribution in [0.2, 0.25) is 8.67 Å². The molecule has 0 N–H and O–H groups in total. The Morgan fingerprint density at radius 3 is 2.36 bits per heavy atom. The molecule has 8 heteroatoms. The van der Waals surface area contributed by atoms with Gasteiger partial charge in [-0.25, -0.2) is 0 Å². The summed E-state index contributed by atoms with van der Waals surface area (Å²) in [4.78, 5) is 10.8. The van der Waals surface area contributed by atoms with Gasteiger partial charge in [-0.15, -0.1) is 11.3 Å². The summed E-state index contributed by atoms with van der Waals surface area (Å²) in [5.41, 5.74) is 0.927. The Labute approximate surface area is 142 Å². The normalized spacial score (nSPS) is 11.4. The smallest absolute Gasteiger partial charge is 0.341 e. The topological polar surface area (TPSA) is 60.4 Å². The molecule has 0 bridgehead atoms. The Kier molecular flexibility index (Phi) is 5.50. The van der Waals surface area contributed by atoms with Gasteiger partial charge in [-0.1, -0.05) is 35.3 Å². The second-order valence-corrected chi connectivity index (χ2v) is 8.37. The van der Waals surface area contributed by atoms with Gasteiger partial charge < -0.3 is 8.98 Å². The molecule has 2 aromatic rings. The van der Waals surface area contributed by atoms with Crippen molar-refractivity contribution < 1.29 is 17.4 Å². The molecule has 118 valence electrons. The van der Waals surface area contributed by atoms with Crippen LogP contribution in [0.1, 0.15) is 18.9 Å². The molecule has 0 aliphatic rings. The zero-order chi connectivity index (χ0) is 16.3. The molecule has 0 atom stereocenters. The van der Waals surface area contributed by atoms with E-state index in [0.717, 1.165) is 16.9 Å². The fourth-order valence-corrected chi connectivity index (χ4v) is 4.74. The number of carbonyl (C=O) groups excluding carboxylic acids is 1. The summed E-state index contributed by atoms with van der Waals surface area (Å²) in [6.45, 7) is 1.53. The van der Waals surface area contributed by atoms with E-state index in [2.05, 4.69) is 0 Å². The van der Waals surface area contributed by atoms with Crippen molar-refractivity contribution in [3.63, 3.8) is 0 Å². The molecule has 1 aromatic carbocycles. The number of Topliss-reactive ketones (excluding diaryl/α,β-unsaturated/α-hetero) is 1. The van der Waals surface area contributed by atoms with Gasteiger partial charge in [0.25, 0.3) is 0 Å². The van der Waals surface area contributed by atoms with Gasteiger partial charge in [-0.3, -0.25) is 0 Å². The third-order valence-electron chi connectivity index (χ3n) is 2.79. The van der Waals surface area contributed by atoms with Gasteiger partial charge >= 0.3 is 10.1 Å². The first-order chi connectivity index (χ1) is 10.3. The lowest BCUT2D eigenvalue weighted by Crippen LogP contribution is -2.09. The lowest BCUT2D eigenvalue weighted by atomic mass is 10.1. The minimum absolute atomic E-state index is 0.0584. The second kappa shape index (κ2) is 7.00. The van der Waals surface area contributed by atoms with E-state index in [9.17, 15) is 13.2 Å². The number of halogens is 2. The zero-order valence-electron chi connectivity index (χ0n) is 11.5. The van der Waals surface area contributed by atoms with Crippen molar-refractivity contribution >= 4 is 50.4 Å². The highest BCUT2D eigenvalue weighted by Crippen LogP contribution is 2.35. The van der Waals surface area contributed by atoms with Crippen LogP contribution < -0.4 is 4.18 Å². The molecule has 0 aliphatic carbocycles. The molecular weight excluding hydrogens is 367 g/mol. The van der Waals surface area contributed by atoms with E-state index in [-0.39, 0.29) is 25.1 Å². The summed E-state index contributed by atoms with van der Waals surface area (Å²) in [6.07, 6.45) is 1.05. The molecule has 1 heterocycles. The fourth-order valence-electron chi connectivity index (χ4n) is 1.70. The van der Waals surface area contributed by atoms with E-state index in [1.807, 2.05) is 0 Å². The SMILES string of the molecule is CC(=O)CCc1ccc(OS(=O)(=O)c2cc(Cl)sc2Cl)cc1. The molecule has 0 radical (unpaired) electrons. The maximum Gasteiger partial charge on any atom is 0.341 e. The first kappa shape index (κ1) is 17.3. The summed E-state index contributed by atoms with van der Waals surface area (Å²) in [5, 5.41) is 0. The first-order valence-electron chi connectivity index (χ1n) is 6.25. The second-order valence-electron chi connectivity index (χ2n) is 4.57. The van der Waals surface area contributed by atoms with Crippen LogP contribution in [-0.4, -0.2) is 14.2 Å². The molecule has 0 saturated heterocycles. The third-order valence-corrected chi connectivity index (χ3v) is 5.79. The minimum Gasteiger partial charge on any atom is -0.379 e. The fraction of sp³-hybridized carbons (Fsp3) is 0.214. The van der Waals surface area contributed by atoms with Crippen LogP contribution in [0.15, 0.2) is 35.2 Å². The number of ketones is 1.